The molecule has 1 aliphatic rings. The number of nitrogens with zero attached hydrogens (tertiary/aromatic N) is 5. The van der Waals surface area contributed by atoms with Crippen molar-refractivity contribution in [2.24, 2.45) is 0 Å². The van der Waals surface area contributed by atoms with Gasteiger partial charge in [0.2, 0.25) is 5.91 Å². The third kappa shape index (κ3) is 16.3. The van der Waals surface area contributed by atoms with Gasteiger partial charge in [-0.1, -0.05) is 12.1 Å². The minimum atomic E-state index is -5.08. The highest BCUT2D eigenvalue weighted by Crippen LogP contribution is 2.20. The smallest absolute Gasteiger partial charge is 0.475 e. The van der Waals surface area contributed by atoms with Crippen LogP contribution in [0.4, 0.5) is 35.9 Å². The molecule has 15 nitrogen and oxygen atoms in total. The number of carboxylic acids is 2. The topological polar surface area (TPSA) is 218 Å². The summed E-state index contributed by atoms with van der Waals surface area (Å²) in [6.07, 6.45) is -5.83. The molecule has 1 saturated heterocycles. The van der Waals surface area contributed by atoms with Gasteiger partial charge in [-0.05, 0) is 24.3 Å². The van der Waals surface area contributed by atoms with Crippen LogP contribution in [0.2, 0.25) is 0 Å². The number of nitriles is 1. The molecule has 0 radical (unpaired) electrons. The van der Waals surface area contributed by atoms with E-state index in [1.807, 2.05) is 24.3 Å². The van der Waals surface area contributed by atoms with E-state index in [2.05, 4.69) is 32.1 Å². The molecule has 48 heavy (non-hydrogen) atoms. The number of pyridine rings is 2. The number of alkyl halides is 6. The van der Waals surface area contributed by atoms with Gasteiger partial charge in [-0.2, -0.15) is 31.6 Å². The van der Waals surface area contributed by atoms with Crippen molar-refractivity contribution in [2.75, 3.05) is 31.3 Å². The Balaban J connectivity index is 0.000000687. The predicted octanol–water partition coefficient (Wildman–Crippen LogP) is 2.18. The molecule has 0 bridgehead atoms. The Morgan fingerprint density at radius 3 is 1.79 bits per heavy atom. The highest BCUT2D eigenvalue weighted by atomic mass is 32.2. The third-order valence-corrected chi connectivity index (χ3v) is 6.40. The number of hydrogen-bond acceptors (Lipinski definition) is 9. The maximum absolute atomic E-state index is 12.8. The van der Waals surface area contributed by atoms with Crippen LogP contribution in [0.25, 0.3) is 0 Å². The lowest BCUT2D eigenvalue weighted by molar-refractivity contribution is -0.193. The van der Waals surface area contributed by atoms with E-state index in [1.165, 1.54) is 16.7 Å². The first-order valence-electron chi connectivity index (χ1n) is 13.2. The second kappa shape index (κ2) is 20.0. The third-order valence-electron chi connectivity index (χ3n) is 5.39. The fourth-order valence-corrected chi connectivity index (χ4v) is 4.24. The second-order valence-corrected chi connectivity index (χ2v) is 9.94. The number of nitrogens with one attached hydrogen (secondary N) is 3. The predicted molar refractivity (Wildman–Crippen MR) is 153 cm³/mol. The first kappa shape index (κ1) is 40.7. The SMILES string of the molecule is N#CC1CSCN1C(=O)CN(NC(=O)NCCc1ccccn1)C(=O)NCCc1ccccn1.O=C(O)C(F)(F)F.O=C(O)C(F)(F)F. The number of aromatic nitrogens is 2. The number of aliphatic carboxylic acids is 2. The van der Waals surface area contributed by atoms with E-state index >= 15 is 0 Å². The molecular formula is C26H28F6N8O7S. The zero-order chi connectivity index (χ0) is 36.3. The molecule has 0 spiro atoms. The summed E-state index contributed by atoms with van der Waals surface area (Å²) in [5.41, 5.74) is 4.06. The maximum atomic E-state index is 12.8. The van der Waals surface area contributed by atoms with Crippen molar-refractivity contribution >= 4 is 41.7 Å². The lowest BCUT2D eigenvalue weighted by atomic mass is 10.3. The molecule has 1 atom stereocenters. The number of hydrazine groups is 1. The number of amides is 5. The summed E-state index contributed by atoms with van der Waals surface area (Å²) in [6, 6.07) is 11.3. The fraction of sp³-hybridized carbons (Fsp3) is 0.385. The molecule has 1 unspecified atom stereocenters. The standard InChI is InChI=1S/C22H26N8O3S.2C2HF3O2/c23-13-19-15-34-16-29(19)20(31)14-30(22(33)27-12-8-18-6-2-4-10-25-18)28-21(32)26-11-7-17-5-1-3-9-24-17;2*3-2(4,5)1(6)7/h1-6,9-10,19H,7-8,11-12,14-16H2,(H,27,33)(H2,26,28,32);2*(H,6,7). The highest BCUT2D eigenvalue weighted by Gasteiger charge is 2.39. The van der Waals surface area contributed by atoms with Crippen molar-refractivity contribution < 1.29 is 60.5 Å². The minimum absolute atomic E-state index is 0.268. The van der Waals surface area contributed by atoms with Crippen LogP contribution >= 0.6 is 11.8 Å². The number of carbonyl (C=O) groups is 5. The lowest BCUT2D eigenvalue weighted by Crippen LogP contribution is -2.57. The molecule has 5 amide bonds. The number of carbonyl (C=O) groups excluding carboxylic acids is 3. The van der Waals surface area contributed by atoms with E-state index in [-0.39, 0.29) is 6.54 Å². The van der Waals surface area contributed by atoms with Crippen molar-refractivity contribution in [3.05, 3.63) is 60.2 Å². The van der Waals surface area contributed by atoms with Gasteiger partial charge in [0, 0.05) is 55.5 Å². The van der Waals surface area contributed by atoms with Gasteiger partial charge >= 0.3 is 36.4 Å². The average molecular weight is 711 g/mol. The van der Waals surface area contributed by atoms with Crippen molar-refractivity contribution in [3.63, 3.8) is 0 Å². The van der Waals surface area contributed by atoms with E-state index in [0.29, 0.717) is 31.0 Å². The normalized spacial score (nSPS) is 13.7. The van der Waals surface area contributed by atoms with Gasteiger partial charge in [0.1, 0.15) is 12.6 Å². The summed E-state index contributed by atoms with van der Waals surface area (Å²) in [6.45, 7) is 0.164. The largest absolute Gasteiger partial charge is 0.490 e. The molecule has 5 N–H and O–H groups in total. The van der Waals surface area contributed by atoms with Crippen LogP contribution in [0.3, 0.4) is 0 Å². The Hall–Kier alpha value is -5.33. The molecular weight excluding hydrogens is 682 g/mol. The molecule has 3 heterocycles. The summed E-state index contributed by atoms with van der Waals surface area (Å²) >= 11 is 1.46. The first-order valence-corrected chi connectivity index (χ1v) is 14.4. The van der Waals surface area contributed by atoms with E-state index in [9.17, 15) is 46.0 Å². The van der Waals surface area contributed by atoms with Gasteiger partial charge in [0.05, 0.1) is 11.9 Å². The Kier molecular flexibility index (Phi) is 17.0. The van der Waals surface area contributed by atoms with Gasteiger partial charge in [0.25, 0.3) is 0 Å². The minimum Gasteiger partial charge on any atom is -0.475 e. The van der Waals surface area contributed by atoms with Crippen molar-refractivity contribution in [3.8, 4) is 6.07 Å². The highest BCUT2D eigenvalue weighted by molar-refractivity contribution is 7.99. The van der Waals surface area contributed by atoms with Crippen molar-refractivity contribution in [2.45, 2.75) is 31.2 Å². The maximum Gasteiger partial charge on any atom is 0.490 e. The number of halogens is 6. The molecule has 22 heteroatoms. The van der Waals surface area contributed by atoms with Gasteiger partial charge in [-0.25, -0.2) is 29.6 Å². The molecule has 0 saturated carbocycles. The monoisotopic (exact) mass is 710 g/mol. The molecule has 2 aromatic heterocycles. The van der Waals surface area contributed by atoms with Crippen molar-refractivity contribution in [1.82, 2.24) is 35.9 Å². The average Bonchev–Trinajstić information content (AvgIpc) is 3.51. The summed E-state index contributed by atoms with van der Waals surface area (Å²) < 4.78 is 63.5. The summed E-state index contributed by atoms with van der Waals surface area (Å²) in [5, 5.41) is 29.8. The molecule has 2 aromatic rings. The summed E-state index contributed by atoms with van der Waals surface area (Å²) in [7, 11) is 0. The van der Waals surface area contributed by atoms with Crippen LogP contribution in [-0.4, -0.2) is 110 Å². The summed E-state index contributed by atoms with van der Waals surface area (Å²) in [5.74, 6) is -5.06. The molecule has 0 aliphatic carbocycles. The van der Waals surface area contributed by atoms with Crippen LogP contribution in [0, 0.1) is 11.3 Å². The number of urea groups is 2. The first-order chi connectivity index (χ1) is 22.4. The van der Waals surface area contributed by atoms with Gasteiger partial charge in [-0.3, -0.25) is 14.8 Å². The number of hydrogen-bond donors (Lipinski definition) is 5. The molecule has 1 aliphatic heterocycles. The van der Waals surface area contributed by atoms with Crippen molar-refractivity contribution in [1.29, 1.82) is 5.26 Å². The van der Waals surface area contributed by atoms with E-state index in [4.69, 9.17) is 19.8 Å². The number of thioether (sulfide) groups is 1. The van der Waals surface area contributed by atoms with Gasteiger partial charge in [-0.15, -0.1) is 11.8 Å². The number of rotatable bonds is 8. The molecule has 262 valence electrons. The van der Waals surface area contributed by atoms with Crippen LogP contribution in [0.5, 0.6) is 0 Å². The van der Waals surface area contributed by atoms with E-state index in [1.54, 1.807) is 24.5 Å². The molecule has 1 fully saturated rings. The lowest BCUT2D eigenvalue weighted by Gasteiger charge is -2.26. The summed E-state index contributed by atoms with van der Waals surface area (Å²) in [4.78, 5) is 65.5. The zero-order valence-corrected chi connectivity index (χ0v) is 25.3. The van der Waals surface area contributed by atoms with Crippen LogP contribution in [0.15, 0.2) is 48.8 Å². The molecule has 0 aromatic carbocycles. The van der Waals surface area contributed by atoms with Gasteiger partial charge < -0.3 is 25.7 Å². The Morgan fingerprint density at radius 2 is 1.38 bits per heavy atom. The van der Waals surface area contributed by atoms with Crippen LogP contribution < -0.4 is 16.1 Å². The van der Waals surface area contributed by atoms with E-state index in [0.717, 1.165) is 16.4 Å². The van der Waals surface area contributed by atoms with Gasteiger partial charge in [0.15, 0.2) is 0 Å². The molecule has 3 rings (SSSR count). The van der Waals surface area contributed by atoms with Crippen LogP contribution in [0.1, 0.15) is 11.4 Å². The Bertz CT molecular complexity index is 1380. The zero-order valence-electron chi connectivity index (χ0n) is 24.5. The fourth-order valence-electron chi connectivity index (χ4n) is 3.13. The Morgan fingerprint density at radius 1 is 0.896 bits per heavy atom. The Labute approximate surface area is 272 Å². The second-order valence-electron chi connectivity index (χ2n) is 8.94. The van der Waals surface area contributed by atoms with E-state index < -0.39 is 54.8 Å². The quantitative estimate of drug-likeness (QED) is 0.198. The number of carboxylic acid groups (broad SMARTS) is 2. The van der Waals surface area contributed by atoms with Crippen LogP contribution in [-0.2, 0) is 27.2 Å².